The monoisotopic (exact) mass is 318 g/mol. The number of aliphatic imine (C=N–C) groups is 1. The first-order chi connectivity index (χ1) is 9.79. The van der Waals surface area contributed by atoms with Gasteiger partial charge in [-0.05, 0) is 12.1 Å². The first-order valence-corrected chi connectivity index (χ1v) is 6.68. The molecule has 1 aromatic rings. The first kappa shape index (κ1) is 15.4. The molecular formula is C12H9F3N2O3S. The van der Waals surface area contributed by atoms with E-state index in [9.17, 15) is 22.8 Å². The fourth-order valence-electron chi connectivity index (χ4n) is 1.66. The Balaban J connectivity index is 2.19. The molecule has 0 saturated carbocycles. The van der Waals surface area contributed by atoms with Crippen molar-refractivity contribution in [2.75, 3.05) is 5.75 Å². The Kier molecular flexibility index (Phi) is 4.21. The van der Waals surface area contributed by atoms with Crippen LogP contribution in [0.5, 0.6) is 0 Å². The quantitative estimate of drug-likeness (QED) is 0.874. The summed E-state index contributed by atoms with van der Waals surface area (Å²) in [5.74, 6) is -1.99. The minimum Gasteiger partial charge on any atom is -0.480 e. The Morgan fingerprint density at radius 1 is 1.33 bits per heavy atom. The number of hydrogen-bond donors (Lipinski definition) is 2. The number of carboxylic acid groups (broad SMARTS) is 1. The molecule has 112 valence electrons. The van der Waals surface area contributed by atoms with Crippen LogP contribution in [0, 0.1) is 0 Å². The van der Waals surface area contributed by atoms with Crippen molar-refractivity contribution in [3.8, 4) is 0 Å². The molecule has 0 bridgehead atoms. The first-order valence-electron chi connectivity index (χ1n) is 5.70. The summed E-state index contributed by atoms with van der Waals surface area (Å²) >= 11 is 0.971. The van der Waals surface area contributed by atoms with Crippen molar-refractivity contribution in [1.29, 1.82) is 0 Å². The molecule has 1 aromatic carbocycles. The highest BCUT2D eigenvalue weighted by Crippen LogP contribution is 2.31. The summed E-state index contributed by atoms with van der Waals surface area (Å²) in [5, 5.41) is 11.0. The zero-order chi connectivity index (χ0) is 15.6. The second kappa shape index (κ2) is 5.76. The number of amides is 1. The minimum absolute atomic E-state index is 0.00405. The van der Waals surface area contributed by atoms with Crippen LogP contribution in [0.2, 0.25) is 0 Å². The van der Waals surface area contributed by atoms with E-state index >= 15 is 0 Å². The number of aliphatic carboxylic acids is 1. The lowest BCUT2D eigenvalue weighted by Gasteiger charge is -2.12. The van der Waals surface area contributed by atoms with Crippen LogP contribution < -0.4 is 5.32 Å². The van der Waals surface area contributed by atoms with Crippen molar-refractivity contribution >= 4 is 28.8 Å². The predicted molar refractivity (Wildman–Crippen MR) is 70.2 cm³/mol. The highest BCUT2D eigenvalue weighted by Gasteiger charge is 2.35. The Bertz CT molecular complexity index is 616. The van der Waals surface area contributed by atoms with Crippen LogP contribution in [-0.2, 0) is 11.0 Å². The van der Waals surface area contributed by atoms with Crippen LogP contribution in [0.3, 0.4) is 0 Å². The predicted octanol–water partition coefficient (Wildman–Crippen LogP) is 1.99. The molecule has 9 heteroatoms. The van der Waals surface area contributed by atoms with Gasteiger partial charge in [-0.25, -0.2) is 9.79 Å². The second-order valence-electron chi connectivity index (χ2n) is 4.10. The maximum atomic E-state index is 12.8. The average molecular weight is 318 g/mol. The minimum atomic E-state index is -4.65. The number of carbonyl (C=O) groups excluding carboxylic acids is 1. The summed E-state index contributed by atoms with van der Waals surface area (Å²) in [6, 6.07) is 3.35. The van der Waals surface area contributed by atoms with Crippen LogP contribution in [-0.4, -0.2) is 33.9 Å². The van der Waals surface area contributed by atoms with Crippen molar-refractivity contribution in [3.63, 3.8) is 0 Å². The largest absolute Gasteiger partial charge is 0.480 e. The molecular weight excluding hydrogens is 309 g/mol. The van der Waals surface area contributed by atoms with Crippen molar-refractivity contribution in [2.45, 2.75) is 12.2 Å². The van der Waals surface area contributed by atoms with E-state index in [2.05, 4.69) is 10.3 Å². The van der Waals surface area contributed by atoms with Crippen LogP contribution in [0.15, 0.2) is 29.3 Å². The van der Waals surface area contributed by atoms with Gasteiger partial charge in [0.15, 0.2) is 11.2 Å². The van der Waals surface area contributed by atoms with E-state index in [1.807, 2.05) is 0 Å². The molecule has 0 spiro atoms. The van der Waals surface area contributed by atoms with Gasteiger partial charge in [0.1, 0.15) is 0 Å². The maximum Gasteiger partial charge on any atom is 0.417 e. The number of halogens is 3. The van der Waals surface area contributed by atoms with Gasteiger partial charge in [0.25, 0.3) is 5.91 Å². The summed E-state index contributed by atoms with van der Waals surface area (Å²) < 4.78 is 38.4. The summed E-state index contributed by atoms with van der Waals surface area (Å²) in [5.41, 5.74) is -1.59. The number of benzene rings is 1. The molecule has 0 aromatic heterocycles. The van der Waals surface area contributed by atoms with Gasteiger partial charge in [0.2, 0.25) is 0 Å². The number of amidine groups is 1. The van der Waals surface area contributed by atoms with Crippen LogP contribution in [0.4, 0.5) is 13.2 Å². The van der Waals surface area contributed by atoms with Gasteiger partial charge >= 0.3 is 12.1 Å². The van der Waals surface area contributed by atoms with Gasteiger partial charge in [0.05, 0.1) is 11.1 Å². The van der Waals surface area contributed by atoms with Gasteiger partial charge < -0.3 is 10.4 Å². The molecule has 1 aliphatic heterocycles. The summed E-state index contributed by atoms with van der Waals surface area (Å²) in [6.07, 6.45) is -4.65. The van der Waals surface area contributed by atoms with Gasteiger partial charge in [0, 0.05) is 5.75 Å². The number of hydrogen-bond acceptors (Lipinski definition) is 4. The molecule has 21 heavy (non-hydrogen) atoms. The van der Waals surface area contributed by atoms with Crippen LogP contribution in [0.25, 0.3) is 0 Å². The van der Waals surface area contributed by atoms with Crippen molar-refractivity contribution in [2.24, 2.45) is 4.99 Å². The number of carboxylic acids is 1. The van der Waals surface area contributed by atoms with E-state index in [1.54, 1.807) is 0 Å². The number of alkyl halides is 3. The van der Waals surface area contributed by atoms with E-state index in [0.717, 1.165) is 23.9 Å². The smallest absolute Gasteiger partial charge is 0.417 e. The molecule has 2 N–H and O–H groups in total. The molecule has 0 aliphatic carbocycles. The molecule has 2 rings (SSSR count). The lowest BCUT2D eigenvalue weighted by atomic mass is 10.1. The topological polar surface area (TPSA) is 78.8 Å². The highest BCUT2D eigenvalue weighted by atomic mass is 32.2. The Labute approximate surface area is 121 Å². The maximum absolute atomic E-state index is 12.8. The lowest BCUT2D eigenvalue weighted by Crippen LogP contribution is -2.29. The van der Waals surface area contributed by atoms with Crippen LogP contribution in [0.1, 0.15) is 15.9 Å². The molecule has 0 fully saturated rings. The lowest BCUT2D eigenvalue weighted by molar-refractivity contribution is -0.138. The molecule has 0 saturated heterocycles. The molecule has 0 radical (unpaired) electrons. The molecule has 1 atom stereocenters. The summed E-state index contributed by atoms with van der Waals surface area (Å²) in [4.78, 5) is 26.3. The zero-order valence-electron chi connectivity index (χ0n) is 10.3. The molecule has 1 aliphatic rings. The summed E-state index contributed by atoms with van der Waals surface area (Å²) in [6.45, 7) is 0. The van der Waals surface area contributed by atoms with Gasteiger partial charge in [-0.2, -0.15) is 13.2 Å². The molecule has 1 amide bonds. The average Bonchev–Trinajstić information content (AvgIpc) is 2.86. The van der Waals surface area contributed by atoms with E-state index < -0.39 is 35.2 Å². The normalized spacial score (nSPS) is 18.2. The fourth-order valence-corrected chi connectivity index (χ4v) is 2.56. The third-order valence-corrected chi connectivity index (χ3v) is 3.60. The Morgan fingerprint density at radius 3 is 2.57 bits per heavy atom. The van der Waals surface area contributed by atoms with Crippen molar-refractivity contribution in [1.82, 2.24) is 5.32 Å². The van der Waals surface area contributed by atoms with E-state index in [-0.39, 0.29) is 10.9 Å². The Hall–Kier alpha value is -2.03. The number of rotatable bonds is 2. The van der Waals surface area contributed by atoms with Gasteiger partial charge in [-0.3, -0.25) is 4.79 Å². The standard InChI is InChI=1S/C12H9F3N2O3S/c13-12(14,15)7-4-2-1-3-6(7)9(18)17-11-16-8(5-21-11)10(19)20/h1-4,8H,5H2,(H,19,20)(H,16,17,18). The Morgan fingerprint density at radius 2 is 2.00 bits per heavy atom. The number of nitrogens with one attached hydrogen (secondary N) is 1. The molecule has 1 unspecified atom stereocenters. The van der Waals surface area contributed by atoms with E-state index in [1.165, 1.54) is 12.1 Å². The van der Waals surface area contributed by atoms with E-state index in [4.69, 9.17) is 5.11 Å². The van der Waals surface area contributed by atoms with Gasteiger partial charge in [-0.1, -0.05) is 23.9 Å². The van der Waals surface area contributed by atoms with Gasteiger partial charge in [-0.15, -0.1) is 0 Å². The highest BCUT2D eigenvalue weighted by molar-refractivity contribution is 8.14. The van der Waals surface area contributed by atoms with Crippen LogP contribution >= 0.6 is 11.8 Å². The molecule has 5 nitrogen and oxygen atoms in total. The SMILES string of the molecule is O=C(NC1=NC(C(=O)O)CS1)c1ccccc1C(F)(F)F. The number of thioether (sulfide) groups is 1. The number of carbonyl (C=O) groups is 2. The third kappa shape index (κ3) is 3.54. The third-order valence-electron chi connectivity index (χ3n) is 2.63. The number of nitrogens with zero attached hydrogens (tertiary/aromatic N) is 1. The molecule has 1 heterocycles. The summed E-state index contributed by atoms with van der Waals surface area (Å²) in [7, 11) is 0. The van der Waals surface area contributed by atoms with E-state index in [0.29, 0.717) is 0 Å². The second-order valence-corrected chi connectivity index (χ2v) is 5.11. The van der Waals surface area contributed by atoms with Crippen molar-refractivity contribution in [3.05, 3.63) is 35.4 Å². The fraction of sp³-hybridized carbons (Fsp3) is 0.250. The zero-order valence-corrected chi connectivity index (χ0v) is 11.2. The van der Waals surface area contributed by atoms with Crippen molar-refractivity contribution < 1.29 is 27.9 Å².